The molecule has 1 aromatic heterocycles. The highest BCUT2D eigenvalue weighted by atomic mass is 32.1. The van der Waals surface area contributed by atoms with Crippen LogP contribution in [-0.4, -0.2) is 59.5 Å². The summed E-state index contributed by atoms with van der Waals surface area (Å²) in [6, 6.07) is 5.54. The molecule has 6 N–H and O–H groups in total. The van der Waals surface area contributed by atoms with Gasteiger partial charge in [-0.2, -0.15) is 18.5 Å². The second kappa shape index (κ2) is 9.16. The van der Waals surface area contributed by atoms with E-state index in [2.05, 4.69) is 25.9 Å². The Morgan fingerprint density at radius 2 is 2.21 bits per heavy atom. The standard InChI is InChI=1S/C18H22N6O4.H2S/c19-16(26)13-7-21-18(24-17(13)22-11-3-4-27-8-11)23-10-1-2-15-14(5-10)20-6-12(25)9-28-15;/h1-2,5,7,11-12,20,25H,3-4,6,8-9H2,(H2,19,26)(H2,21,22,23,24);1H2/t11?,12-;/m0./s1. The first-order chi connectivity index (χ1) is 13.6. The van der Waals surface area contributed by atoms with E-state index in [0.717, 1.165) is 17.8 Å². The summed E-state index contributed by atoms with van der Waals surface area (Å²) < 4.78 is 10.9. The molecular formula is C18H24N6O4S. The van der Waals surface area contributed by atoms with Gasteiger partial charge in [0.05, 0.1) is 23.9 Å². The second-order valence-electron chi connectivity index (χ2n) is 6.71. The molecule has 156 valence electrons. The lowest BCUT2D eigenvalue weighted by molar-refractivity contribution is 0.100. The zero-order valence-corrected chi connectivity index (χ0v) is 16.6. The molecule has 0 aliphatic carbocycles. The second-order valence-corrected chi connectivity index (χ2v) is 6.71. The van der Waals surface area contributed by atoms with Crippen LogP contribution in [0.25, 0.3) is 0 Å². The normalized spacial score (nSPS) is 20.3. The van der Waals surface area contributed by atoms with Gasteiger partial charge >= 0.3 is 0 Å². The predicted octanol–water partition coefficient (Wildman–Crippen LogP) is 0.798. The van der Waals surface area contributed by atoms with Crippen molar-refractivity contribution in [1.82, 2.24) is 9.97 Å². The Labute approximate surface area is 174 Å². The van der Waals surface area contributed by atoms with E-state index in [1.54, 1.807) is 6.07 Å². The topological polar surface area (TPSA) is 144 Å². The Morgan fingerprint density at radius 1 is 1.34 bits per heavy atom. The van der Waals surface area contributed by atoms with Crippen LogP contribution in [-0.2, 0) is 4.74 Å². The molecule has 2 aliphatic heterocycles. The molecule has 2 aromatic rings. The maximum Gasteiger partial charge on any atom is 0.254 e. The summed E-state index contributed by atoms with van der Waals surface area (Å²) in [5.74, 6) is 0.759. The minimum atomic E-state index is -0.599. The number of ether oxygens (including phenoxy) is 2. The summed E-state index contributed by atoms with van der Waals surface area (Å²) >= 11 is 0. The molecule has 0 spiro atoms. The van der Waals surface area contributed by atoms with Gasteiger partial charge in [-0.15, -0.1) is 0 Å². The van der Waals surface area contributed by atoms with Gasteiger partial charge in [0.2, 0.25) is 5.95 Å². The number of aliphatic hydroxyl groups excluding tert-OH is 1. The third-order valence-electron chi connectivity index (χ3n) is 4.52. The summed E-state index contributed by atoms with van der Waals surface area (Å²) in [6.07, 6.45) is 1.66. The molecule has 1 unspecified atom stereocenters. The molecule has 1 saturated heterocycles. The highest BCUT2D eigenvalue weighted by Crippen LogP contribution is 2.31. The third-order valence-corrected chi connectivity index (χ3v) is 4.52. The maximum absolute atomic E-state index is 11.7. The van der Waals surface area contributed by atoms with Crippen molar-refractivity contribution < 1.29 is 19.4 Å². The Bertz CT molecular complexity index is 877. The smallest absolute Gasteiger partial charge is 0.254 e. The van der Waals surface area contributed by atoms with Crippen molar-refractivity contribution in [3.05, 3.63) is 30.0 Å². The number of rotatable bonds is 5. The van der Waals surface area contributed by atoms with E-state index in [0.29, 0.717) is 37.3 Å². The largest absolute Gasteiger partial charge is 0.489 e. The number of anilines is 4. The van der Waals surface area contributed by atoms with Crippen molar-refractivity contribution in [1.29, 1.82) is 0 Å². The zero-order valence-electron chi connectivity index (χ0n) is 15.6. The first-order valence-corrected chi connectivity index (χ1v) is 9.05. The van der Waals surface area contributed by atoms with Gasteiger partial charge in [0.1, 0.15) is 24.3 Å². The van der Waals surface area contributed by atoms with E-state index in [-0.39, 0.29) is 31.7 Å². The molecule has 1 fully saturated rings. The lowest BCUT2D eigenvalue weighted by Crippen LogP contribution is -2.24. The Kier molecular flexibility index (Phi) is 6.62. The van der Waals surface area contributed by atoms with Crippen LogP contribution in [0.3, 0.4) is 0 Å². The van der Waals surface area contributed by atoms with E-state index in [4.69, 9.17) is 15.2 Å². The highest BCUT2D eigenvalue weighted by molar-refractivity contribution is 7.59. The first-order valence-electron chi connectivity index (χ1n) is 9.05. The number of amides is 1. The number of aliphatic hydroxyl groups is 1. The number of carbonyl (C=O) groups excluding carboxylic acids is 1. The Hall–Kier alpha value is -2.76. The van der Waals surface area contributed by atoms with Crippen molar-refractivity contribution in [3.8, 4) is 5.75 Å². The number of fused-ring (bicyclic) bond motifs is 1. The molecule has 0 saturated carbocycles. The van der Waals surface area contributed by atoms with Crippen molar-refractivity contribution in [2.75, 3.05) is 42.3 Å². The summed E-state index contributed by atoms with van der Waals surface area (Å²) in [6.45, 7) is 1.86. The molecule has 29 heavy (non-hydrogen) atoms. The zero-order chi connectivity index (χ0) is 19.5. The monoisotopic (exact) mass is 420 g/mol. The molecule has 2 aliphatic rings. The SMILES string of the molecule is NC(=O)c1cnc(Nc2ccc3c(c2)NC[C@H](O)CO3)nc1NC1CCOC1.S. The quantitative estimate of drug-likeness (QED) is 0.474. The van der Waals surface area contributed by atoms with Crippen molar-refractivity contribution in [2.45, 2.75) is 18.6 Å². The number of primary amides is 1. The van der Waals surface area contributed by atoms with Gasteiger partial charge in [-0.05, 0) is 24.6 Å². The minimum absolute atomic E-state index is 0. The number of benzene rings is 1. The fourth-order valence-electron chi connectivity index (χ4n) is 3.05. The molecule has 1 aromatic carbocycles. The van der Waals surface area contributed by atoms with Gasteiger partial charge in [0.25, 0.3) is 5.91 Å². The Morgan fingerprint density at radius 3 is 2.97 bits per heavy atom. The number of β-amino-alcohol motifs (C(OH)–C–C–N with tert-alkyl or cyclic N) is 1. The Balaban J connectivity index is 0.00000240. The fraction of sp³-hybridized carbons (Fsp3) is 0.389. The first kappa shape index (κ1) is 21.0. The lowest BCUT2D eigenvalue weighted by Gasteiger charge is -2.15. The highest BCUT2D eigenvalue weighted by Gasteiger charge is 2.20. The van der Waals surface area contributed by atoms with Crippen LogP contribution in [0.15, 0.2) is 24.4 Å². The summed E-state index contributed by atoms with van der Waals surface area (Å²) in [7, 11) is 0. The van der Waals surface area contributed by atoms with Crippen molar-refractivity contribution in [2.24, 2.45) is 5.73 Å². The van der Waals surface area contributed by atoms with Gasteiger partial charge in [-0.3, -0.25) is 4.79 Å². The number of nitrogens with one attached hydrogen (secondary N) is 3. The molecule has 1 amide bonds. The summed E-state index contributed by atoms with van der Waals surface area (Å²) in [5.41, 5.74) is 7.16. The fourth-order valence-corrected chi connectivity index (χ4v) is 3.05. The van der Waals surface area contributed by atoms with E-state index in [1.807, 2.05) is 12.1 Å². The molecule has 4 rings (SSSR count). The van der Waals surface area contributed by atoms with Gasteiger partial charge in [0, 0.05) is 25.0 Å². The minimum Gasteiger partial charge on any atom is -0.489 e. The molecule has 3 heterocycles. The predicted molar refractivity (Wildman–Crippen MR) is 113 cm³/mol. The number of nitrogens with two attached hydrogens (primary N) is 1. The van der Waals surface area contributed by atoms with E-state index in [1.165, 1.54) is 6.20 Å². The van der Waals surface area contributed by atoms with Crippen LogP contribution in [0, 0.1) is 0 Å². The number of hydrogen-bond acceptors (Lipinski definition) is 9. The van der Waals surface area contributed by atoms with Crippen molar-refractivity contribution >= 4 is 42.5 Å². The molecule has 0 bridgehead atoms. The average molecular weight is 420 g/mol. The number of nitrogens with zero attached hydrogens (tertiary/aromatic N) is 2. The maximum atomic E-state index is 11.7. The van der Waals surface area contributed by atoms with Gasteiger partial charge < -0.3 is 36.3 Å². The molecular weight excluding hydrogens is 396 g/mol. The number of carbonyl (C=O) groups is 1. The van der Waals surface area contributed by atoms with Gasteiger partial charge in [-0.1, -0.05) is 0 Å². The van der Waals surface area contributed by atoms with Gasteiger partial charge in [-0.25, -0.2) is 4.98 Å². The lowest BCUT2D eigenvalue weighted by atomic mass is 10.2. The molecule has 0 radical (unpaired) electrons. The van der Waals surface area contributed by atoms with Crippen LogP contribution < -0.4 is 26.4 Å². The van der Waals surface area contributed by atoms with Crippen LogP contribution in [0.4, 0.5) is 23.1 Å². The molecule has 2 atom stereocenters. The van der Waals surface area contributed by atoms with Crippen LogP contribution >= 0.6 is 13.5 Å². The van der Waals surface area contributed by atoms with Crippen LogP contribution in [0.1, 0.15) is 16.8 Å². The molecule has 11 heteroatoms. The average Bonchev–Trinajstić information content (AvgIpc) is 3.11. The van der Waals surface area contributed by atoms with Crippen LogP contribution in [0.2, 0.25) is 0 Å². The van der Waals surface area contributed by atoms with Crippen LogP contribution in [0.5, 0.6) is 5.75 Å². The van der Waals surface area contributed by atoms with E-state index < -0.39 is 12.0 Å². The molecule has 10 nitrogen and oxygen atoms in total. The summed E-state index contributed by atoms with van der Waals surface area (Å²) in [4.78, 5) is 20.3. The number of hydrogen-bond donors (Lipinski definition) is 5. The van der Waals surface area contributed by atoms with Gasteiger partial charge in [0.15, 0.2) is 0 Å². The van der Waals surface area contributed by atoms with E-state index >= 15 is 0 Å². The van der Waals surface area contributed by atoms with E-state index in [9.17, 15) is 9.90 Å². The summed E-state index contributed by atoms with van der Waals surface area (Å²) in [5, 5.41) is 19.2. The number of aromatic nitrogens is 2. The third kappa shape index (κ3) is 5.00. The van der Waals surface area contributed by atoms with Crippen molar-refractivity contribution in [3.63, 3.8) is 0 Å².